The topological polar surface area (TPSA) is 12.0 Å². The van der Waals surface area contributed by atoms with Crippen LogP contribution in [-0.4, -0.2) is 6.54 Å². The first-order valence-electron chi connectivity index (χ1n) is 5.87. The normalized spacial score (nSPS) is 10.6. The number of nitrogens with one attached hydrogen (secondary N) is 1. The van der Waals surface area contributed by atoms with Gasteiger partial charge in [0.15, 0.2) is 0 Å². The fraction of sp³-hybridized carbons (Fsp3) is 0.125. The van der Waals surface area contributed by atoms with Crippen LogP contribution < -0.4 is 5.32 Å². The first kappa shape index (κ1) is 11.5. The van der Waals surface area contributed by atoms with E-state index < -0.39 is 0 Å². The quantitative estimate of drug-likeness (QED) is 0.822. The van der Waals surface area contributed by atoms with Crippen LogP contribution in [-0.2, 0) is 0 Å². The summed E-state index contributed by atoms with van der Waals surface area (Å²) < 4.78 is 0. The van der Waals surface area contributed by atoms with Gasteiger partial charge in [-0.2, -0.15) is 0 Å². The van der Waals surface area contributed by atoms with Gasteiger partial charge in [-0.3, -0.25) is 0 Å². The molecule has 0 fully saturated rings. The molecule has 0 saturated heterocycles. The molecule has 0 aliphatic rings. The summed E-state index contributed by atoms with van der Waals surface area (Å²) in [4.78, 5) is 0. The highest BCUT2D eigenvalue weighted by atomic mass is 14.8. The maximum absolute atomic E-state index is 3.34. The molecule has 2 rings (SSSR count). The van der Waals surface area contributed by atoms with Crippen LogP contribution in [0.15, 0.2) is 60.7 Å². The smallest absolute Gasteiger partial charge is 0.0342 e. The van der Waals surface area contributed by atoms with Crippen LogP contribution in [0, 0.1) is 6.92 Å². The Hall–Kier alpha value is -2.02. The molecular formula is C16H17N. The van der Waals surface area contributed by atoms with Gasteiger partial charge in [-0.05, 0) is 24.6 Å². The zero-order chi connectivity index (χ0) is 11.9. The molecule has 2 aromatic carbocycles. The Morgan fingerprint density at radius 1 is 0.941 bits per heavy atom. The maximum atomic E-state index is 3.34. The molecule has 0 saturated carbocycles. The minimum Gasteiger partial charge on any atom is -0.382 e. The van der Waals surface area contributed by atoms with Crippen molar-refractivity contribution in [3.8, 4) is 0 Å². The molecule has 0 heterocycles. The van der Waals surface area contributed by atoms with E-state index in [1.807, 2.05) is 18.2 Å². The highest BCUT2D eigenvalue weighted by molar-refractivity contribution is 5.51. The highest BCUT2D eigenvalue weighted by Crippen LogP contribution is 2.06. The average molecular weight is 223 g/mol. The van der Waals surface area contributed by atoms with Gasteiger partial charge < -0.3 is 5.32 Å². The number of benzene rings is 2. The van der Waals surface area contributed by atoms with Crippen LogP contribution >= 0.6 is 0 Å². The number of para-hydroxylation sites is 1. The van der Waals surface area contributed by atoms with Crippen molar-refractivity contribution in [3.05, 3.63) is 71.8 Å². The molecule has 2 aromatic rings. The van der Waals surface area contributed by atoms with Gasteiger partial charge >= 0.3 is 0 Å². The minimum atomic E-state index is 0.845. The van der Waals surface area contributed by atoms with Crippen molar-refractivity contribution in [1.82, 2.24) is 0 Å². The third-order valence-corrected chi connectivity index (χ3v) is 2.59. The molecule has 0 atom stereocenters. The lowest BCUT2D eigenvalue weighted by molar-refractivity contribution is 1.34. The number of aryl methyl sites for hydroxylation is 1. The van der Waals surface area contributed by atoms with Gasteiger partial charge in [0, 0.05) is 12.2 Å². The van der Waals surface area contributed by atoms with E-state index >= 15 is 0 Å². The predicted molar refractivity (Wildman–Crippen MR) is 75.1 cm³/mol. The van der Waals surface area contributed by atoms with E-state index in [9.17, 15) is 0 Å². The fourth-order valence-electron chi connectivity index (χ4n) is 1.61. The van der Waals surface area contributed by atoms with E-state index in [1.54, 1.807) is 0 Å². The molecule has 0 radical (unpaired) electrons. The highest BCUT2D eigenvalue weighted by Gasteiger charge is 1.87. The molecule has 0 spiro atoms. The molecule has 17 heavy (non-hydrogen) atoms. The molecule has 0 aliphatic carbocycles. The molecule has 1 heteroatoms. The number of anilines is 1. The zero-order valence-electron chi connectivity index (χ0n) is 10.1. The Bertz CT molecular complexity index is 469. The zero-order valence-corrected chi connectivity index (χ0v) is 10.1. The average Bonchev–Trinajstić information content (AvgIpc) is 2.38. The summed E-state index contributed by atoms with van der Waals surface area (Å²) in [6, 6.07) is 18.8. The Balaban J connectivity index is 1.84. The van der Waals surface area contributed by atoms with Crippen molar-refractivity contribution in [3.63, 3.8) is 0 Å². The van der Waals surface area contributed by atoms with Crippen molar-refractivity contribution < 1.29 is 0 Å². The third kappa shape index (κ3) is 3.80. The summed E-state index contributed by atoms with van der Waals surface area (Å²) in [5, 5.41) is 3.34. The summed E-state index contributed by atoms with van der Waals surface area (Å²) in [6.07, 6.45) is 4.27. The maximum Gasteiger partial charge on any atom is 0.0342 e. The van der Waals surface area contributed by atoms with Gasteiger partial charge in [0.05, 0.1) is 0 Å². The van der Waals surface area contributed by atoms with Crippen LogP contribution in [0.3, 0.4) is 0 Å². The van der Waals surface area contributed by atoms with Gasteiger partial charge in [0.25, 0.3) is 0 Å². The lowest BCUT2D eigenvalue weighted by Crippen LogP contribution is -1.96. The van der Waals surface area contributed by atoms with Gasteiger partial charge in [0.2, 0.25) is 0 Å². The monoisotopic (exact) mass is 223 g/mol. The predicted octanol–water partition coefficient (Wildman–Crippen LogP) is 4.12. The summed E-state index contributed by atoms with van der Waals surface area (Å²) in [7, 11) is 0. The van der Waals surface area contributed by atoms with Crippen LogP contribution in [0.2, 0.25) is 0 Å². The van der Waals surface area contributed by atoms with E-state index in [-0.39, 0.29) is 0 Å². The molecule has 0 unspecified atom stereocenters. The third-order valence-electron chi connectivity index (χ3n) is 2.59. The molecular weight excluding hydrogens is 206 g/mol. The van der Waals surface area contributed by atoms with Gasteiger partial charge in [-0.1, -0.05) is 60.2 Å². The first-order chi connectivity index (χ1) is 8.34. The second-order valence-electron chi connectivity index (χ2n) is 4.06. The largest absolute Gasteiger partial charge is 0.382 e. The summed E-state index contributed by atoms with van der Waals surface area (Å²) in [6.45, 7) is 2.95. The Morgan fingerprint density at radius 2 is 1.65 bits per heavy atom. The molecule has 1 nitrogen and oxygen atoms in total. The van der Waals surface area contributed by atoms with E-state index in [1.165, 1.54) is 11.1 Å². The van der Waals surface area contributed by atoms with Crippen molar-refractivity contribution in [1.29, 1.82) is 0 Å². The van der Waals surface area contributed by atoms with Gasteiger partial charge in [-0.25, -0.2) is 0 Å². The second-order valence-corrected chi connectivity index (χ2v) is 4.06. The van der Waals surface area contributed by atoms with Gasteiger partial charge in [0.1, 0.15) is 0 Å². The Morgan fingerprint density at radius 3 is 2.35 bits per heavy atom. The van der Waals surface area contributed by atoms with E-state index in [0.29, 0.717) is 0 Å². The molecule has 1 N–H and O–H groups in total. The molecule has 0 amide bonds. The molecule has 0 bridgehead atoms. The summed E-state index contributed by atoms with van der Waals surface area (Å²) >= 11 is 0. The van der Waals surface area contributed by atoms with Crippen molar-refractivity contribution in [2.24, 2.45) is 0 Å². The van der Waals surface area contributed by atoms with Gasteiger partial charge in [-0.15, -0.1) is 0 Å². The number of hydrogen-bond acceptors (Lipinski definition) is 1. The van der Waals surface area contributed by atoms with Crippen molar-refractivity contribution in [2.45, 2.75) is 6.92 Å². The van der Waals surface area contributed by atoms with Crippen LogP contribution in [0.25, 0.3) is 6.08 Å². The Kier molecular flexibility index (Phi) is 3.98. The first-order valence-corrected chi connectivity index (χ1v) is 5.87. The lowest BCUT2D eigenvalue weighted by atomic mass is 10.1. The standard InChI is InChI=1S/C16H17N/c1-14-9-11-15(12-10-14)6-5-13-17-16-7-3-2-4-8-16/h2-12,17H,13H2,1H3/b6-5+. The van der Waals surface area contributed by atoms with Crippen LogP contribution in [0.1, 0.15) is 11.1 Å². The SMILES string of the molecule is Cc1ccc(/C=C/CNc2ccccc2)cc1. The molecule has 86 valence electrons. The minimum absolute atomic E-state index is 0.845. The van der Waals surface area contributed by atoms with Crippen molar-refractivity contribution in [2.75, 3.05) is 11.9 Å². The lowest BCUT2D eigenvalue weighted by Gasteiger charge is -2.01. The summed E-state index contributed by atoms with van der Waals surface area (Å²) in [5.74, 6) is 0. The van der Waals surface area contributed by atoms with E-state index in [2.05, 4.69) is 60.8 Å². The van der Waals surface area contributed by atoms with Crippen molar-refractivity contribution >= 4 is 11.8 Å². The summed E-state index contributed by atoms with van der Waals surface area (Å²) in [5.41, 5.74) is 3.69. The van der Waals surface area contributed by atoms with E-state index in [4.69, 9.17) is 0 Å². The second kappa shape index (κ2) is 5.90. The number of rotatable bonds is 4. The fourth-order valence-corrected chi connectivity index (χ4v) is 1.61. The Labute approximate surface area is 103 Å². The number of hydrogen-bond donors (Lipinski definition) is 1. The molecule has 0 aromatic heterocycles. The molecule has 0 aliphatic heterocycles. The van der Waals surface area contributed by atoms with Crippen LogP contribution in [0.4, 0.5) is 5.69 Å². The van der Waals surface area contributed by atoms with E-state index in [0.717, 1.165) is 12.2 Å². The van der Waals surface area contributed by atoms with Crippen LogP contribution in [0.5, 0.6) is 0 Å².